The van der Waals surface area contributed by atoms with Crippen LogP contribution in [0.1, 0.15) is 44.4 Å². The van der Waals surface area contributed by atoms with Gasteiger partial charge in [-0.1, -0.05) is 32.9 Å². The number of rotatable bonds is 4. The molecular formula is C14H22N2O. The van der Waals surface area contributed by atoms with Gasteiger partial charge in [0.25, 0.3) is 0 Å². The highest BCUT2D eigenvalue weighted by Crippen LogP contribution is 2.37. The fourth-order valence-corrected chi connectivity index (χ4v) is 2.36. The molecule has 0 fully saturated rings. The topological polar surface area (TPSA) is 47.3 Å². The summed E-state index contributed by atoms with van der Waals surface area (Å²) < 4.78 is 5.53. The van der Waals surface area contributed by atoms with Gasteiger partial charge in [-0.15, -0.1) is 0 Å². The van der Waals surface area contributed by atoms with E-state index in [-0.39, 0.29) is 11.5 Å². The van der Waals surface area contributed by atoms with Crippen molar-refractivity contribution < 1.29 is 4.74 Å². The fourth-order valence-electron chi connectivity index (χ4n) is 2.36. The van der Waals surface area contributed by atoms with E-state index in [9.17, 15) is 0 Å². The lowest BCUT2D eigenvalue weighted by Crippen LogP contribution is -2.38. The molecule has 0 spiro atoms. The summed E-state index contributed by atoms with van der Waals surface area (Å²) in [6, 6.07) is 6.59. The van der Waals surface area contributed by atoms with E-state index >= 15 is 0 Å². The summed E-state index contributed by atoms with van der Waals surface area (Å²) >= 11 is 0. The predicted molar refractivity (Wildman–Crippen MR) is 69.8 cm³/mol. The first-order valence-electron chi connectivity index (χ1n) is 6.30. The maximum absolute atomic E-state index is 5.73. The van der Waals surface area contributed by atoms with Crippen LogP contribution < -0.4 is 16.0 Å². The summed E-state index contributed by atoms with van der Waals surface area (Å²) in [5, 5.41) is 0. The van der Waals surface area contributed by atoms with Crippen LogP contribution in [0.4, 0.5) is 0 Å². The highest BCUT2D eigenvalue weighted by molar-refractivity contribution is 5.41. The van der Waals surface area contributed by atoms with Crippen LogP contribution in [-0.4, -0.2) is 6.61 Å². The largest absolute Gasteiger partial charge is 0.493 e. The summed E-state index contributed by atoms with van der Waals surface area (Å²) in [6.45, 7) is 7.47. The lowest BCUT2D eigenvalue weighted by Gasteiger charge is -2.33. The Morgan fingerprint density at radius 2 is 2.24 bits per heavy atom. The van der Waals surface area contributed by atoms with E-state index in [0.29, 0.717) is 0 Å². The minimum Gasteiger partial charge on any atom is -0.493 e. The number of ether oxygens (including phenoxy) is 1. The third-order valence-corrected chi connectivity index (χ3v) is 3.91. The zero-order chi connectivity index (χ0) is 12.5. The van der Waals surface area contributed by atoms with Gasteiger partial charge in [-0.2, -0.15) is 0 Å². The number of benzene rings is 1. The van der Waals surface area contributed by atoms with Gasteiger partial charge in [0.05, 0.1) is 12.6 Å². The fraction of sp³-hybridized carbons (Fsp3) is 0.571. The monoisotopic (exact) mass is 234 g/mol. The van der Waals surface area contributed by atoms with Crippen molar-refractivity contribution in [1.82, 2.24) is 5.43 Å². The lowest BCUT2D eigenvalue weighted by atomic mass is 9.78. The highest BCUT2D eigenvalue weighted by Gasteiger charge is 2.29. The Morgan fingerprint density at radius 1 is 1.47 bits per heavy atom. The number of hydrogen-bond donors (Lipinski definition) is 2. The molecule has 1 unspecified atom stereocenters. The SMILES string of the molecule is CCC(C)(C)C(NN)c1ccc2c(c1)CCO2. The molecule has 3 N–H and O–H groups in total. The zero-order valence-electron chi connectivity index (χ0n) is 10.9. The van der Waals surface area contributed by atoms with Crippen molar-refractivity contribution in [2.75, 3.05) is 6.61 Å². The lowest BCUT2D eigenvalue weighted by molar-refractivity contribution is 0.236. The molecule has 1 heterocycles. The number of fused-ring (bicyclic) bond motifs is 1. The molecule has 3 nitrogen and oxygen atoms in total. The summed E-state index contributed by atoms with van der Waals surface area (Å²) in [5.41, 5.74) is 5.66. The average Bonchev–Trinajstić information content (AvgIpc) is 2.77. The molecule has 3 heteroatoms. The van der Waals surface area contributed by atoms with Gasteiger partial charge in [-0.3, -0.25) is 11.3 Å². The molecular weight excluding hydrogens is 212 g/mol. The first-order valence-corrected chi connectivity index (χ1v) is 6.30. The van der Waals surface area contributed by atoms with Gasteiger partial charge in [0.15, 0.2) is 0 Å². The minimum atomic E-state index is 0.141. The van der Waals surface area contributed by atoms with Gasteiger partial charge in [-0.05, 0) is 29.0 Å². The Kier molecular flexibility index (Phi) is 3.40. The Morgan fingerprint density at radius 3 is 2.88 bits per heavy atom. The molecule has 0 saturated carbocycles. The van der Waals surface area contributed by atoms with E-state index in [0.717, 1.165) is 25.2 Å². The third kappa shape index (κ3) is 2.31. The van der Waals surface area contributed by atoms with Gasteiger partial charge >= 0.3 is 0 Å². The Balaban J connectivity index is 2.32. The first-order chi connectivity index (χ1) is 8.08. The van der Waals surface area contributed by atoms with Crippen molar-refractivity contribution >= 4 is 0 Å². The summed E-state index contributed by atoms with van der Waals surface area (Å²) in [6.07, 6.45) is 2.09. The molecule has 0 radical (unpaired) electrons. The average molecular weight is 234 g/mol. The predicted octanol–water partition coefficient (Wildman–Crippen LogP) is 2.56. The second kappa shape index (κ2) is 4.67. The van der Waals surface area contributed by atoms with Crippen LogP contribution in [0.25, 0.3) is 0 Å². The number of nitrogens with one attached hydrogen (secondary N) is 1. The highest BCUT2D eigenvalue weighted by atomic mass is 16.5. The van der Waals surface area contributed by atoms with Crippen LogP contribution in [0.2, 0.25) is 0 Å². The number of nitrogens with two attached hydrogens (primary N) is 1. The van der Waals surface area contributed by atoms with Crippen molar-refractivity contribution in [3.63, 3.8) is 0 Å². The maximum atomic E-state index is 5.73. The number of hydrogen-bond acceptors (Lipinski definition) is 3. The van der Waals surface area contributed by atoms with Gasteiger partial charge < -0.3 is 4.74 Å². The van der Waals surface area contributed by atoms with Crippen LogP contribution in [0.3, 0.4) is 0 Å². The molecule has 1 aromatic carbocycles. The molecule has 0 bridgehead atoms. The van der Waals surface area contributed by atoms with Crippen molar-refractivity contribution in [2.24, 2.45) is 11.3 Å². The van der Waals surface area contributed by atoms with Crippen LogP contribution >= 0.6 is 0 Å². The van der Waals surface area contributed by atoms with E-state index in [1.165, 1.54) is 11.1 Å². The van der Waals surface area contributed by atoms with Crippen molar-refractivity contribution in [1.29, 1.82) is 0 Å². The van der Waals surface area contributed by atoms with Crippen molar-refractivity contribution in [2.45, 2.75) is 39.7 Å². The molecule has 0 saturated heterocycles. The Labute approximate surface area is 103 Å². The van der Waals surface area contributed by atoms with Gasteiger partial charge in [0.2, 0.25) is 0 Å². The Hall–Kier alpha value is -1.06. The zero-order valence-corrected chi connectivity index (χ0v) is 10.9. The molecule has 1 aliphatic heterocycles. The molecule has 1 atom stereocenters. The molecule has 0 aromatic heterocycles. The van der Waals surface area contributed by atoms with E-state index in [2.05, 4.69) is 44.4 Å². The van der Waals surface area contributed by atoms with E-state index in [4.69, 9.17) is 10.6 Å². The van der Waals surface area contributed by atoms with Crippen LogP contribution in [0, 0.1) is 5.41 Å². The second-order valence-corrected chi connectivity index (χ2v) is 5.41. The smallest absolute Gasteiger partial charge is 0.122 e. The molecule has 17 heavy (non-hydrogen) atoms. The summed E-state index contributed by atoms with van der Waals surface area (Å²) in [5.74, 6) is 6.76. The van der Waals surface area contributed by atoms with E-state index in [1.807, 2.05) is 0 Å². The molecule has 2 rings (SSSR count). The first kappa shape index (κ1) is 12.4. The van der Waals surface area contributed by atoms with E-state index < -0.39 is 0 Å². The van der Waals surface area contributed by atoms with Gasteiger partial charge in [0, 0.05) is 6.42 Å². The molecule has 94 valence electrons. The van der Waals surface area contributed by atoms with Crippen LogP contribution in [0.5, 0.6) is 5.75 Å². The van der Waals surface area contributed by atoms with Crippen LogP contribution in [-0.2, 0) is 6.42 Å². The standard InChI is InChI=1S/C14H22N2O/c1-4-14(2,3)13(16-15)11-5-6-12-10(9-11)7-8-17-12/h5-6,9,13,16H,4,7-8,15H2,1-3H3. The summed E-state index contributed by atoms with van der Waals surface area (Å²) in [4.78, 5) is 0. The minimum absolute atomic E-state index is 0.141. The molecule has 1 aliphatic rings. The Bertz CT molecular complexity index is 401. The number of hydrazine groups is 1. The normalized spacial score (nSPS) is 16.5. The molecule has 0 amide bonds. The maximum Gasteiger partial charge on any atom is 0.122 e. The molecule has 0 aliphatic carbocycles. The van der Waals surface area contributed by atoms with Gasteiger partial charge in [0.1, 0.15) is 5.75 Å². The van der Waals surface area contributed by atoms with Crippen LogP contribution in [0.15, 0.2) is 18.2 Å². The summed E-state index contributed by atoms with van der Waals surface area (Å²) in [7, 11) is 0. The van der Waals surface area contributed by atoms with E-state index in [1.54, 1.807) is 0 Å². The molecule has 1 aromatic rings. The van der Waals surface area contributed by atoms with Crippen molar-refractivity contribution in [3.05, 3.63) is 29.3 Å². The van der Waals surface area contributed by atoms with Gasteiger partial charge in [-0.25, -0.2) is 0 Å². The second-order valence-electron chi connectivity index (χ2n) is 5.41. The quantitative estimate of drug-likeness (QED) is 0.622. The third-order valence-electron chi connectivity index (χ3n) is 3.91. The van der Waals surface area contributed by atoms with Crippen molar-refractivity contribution in [3.8, 4) is 5.75 Å².